The molecule has 1 heterocycles. The average molecular weight is 744 g/mol. The summed E-state index contributed by atoms with van der Waals surface area (Å²) in [4.78, 5) is 31.0. The number of ether oxygens (including phenoxy) is 2. The second-order valence-electron chi connectivity index (χ2n) is 15.1. The Morgan fingerprint density at radius 2 is 1.38 bits per heavy atom. The van der Waals surface area contributed by atoms with Crippen molar-refractivity contribution in [2.24, 2.45) is 10.8 Å². The first-order valence-corrected chi connectivity index (χ1v) is 17.8. The van der Waals surface area contributed by atoms with E-state index in [2.05, 4.69) is 118 Å². The number of aryl methyl sites for hydroxylation is 2. The summed E-state index contributed by atoms with van der Waals surface area (Å²) in [6.07, 6.45) is 2.46. The van der Waals surface area contributed by atoms with Crippen molar-refractivity contribution < 1.29 is 19.1 Å². The van der Waals surface area contributed by atoms with Crippen molar-refractivity contribution in [2.75, 3.05) is 6.61 Å². The molecule has 0 atom stereocenters. The van der Waals surface area contributed by atoms with Gasteiger partial charge in [0.1, 0.15) is 6.61 Å². The minimum atomic E-state index is -0.444. The molecular weight excluding hydrogens is 697 g/mol. The largest absolute Gasteiger partial charge is 0.490 e. The highest BCUT2D eigenvalue weighted by atomic mass is 127. The van der Waals surface area contributed by atoms with E-state index in [-0.39, 0.29) is 22.4 Å². The van der Waals surface area contributed by atoms with Gasteiger partial charge in [-0.15, -0.1) is 0 Å². The van der Waals surface area contributed by atoms with E-state index in [0.717, 1.165) is 55.6 Å². The van der Waals surface area contributed by atoms with Crippen molar-refractivity contribution in [1.29, 1.82) is 0 Å². The van der Waals surface area contributed by atoms with Gasteiger partial charge in [-0.25, -0.2) is 0 Å². The van der Waals surface area contributed by atoms with Crippen molar-refractivity contribution >= 4 is 34.2 Å². The van der Waals surface area contributed by atoms with Gasteiger partial charge in [-0.05, 0) is 107 Å². The lowest BCUT2D eigenvalue weighted by molar-refractivity contribution is -0.119. The van der Waals surface area contributed by atoms with E-state index >= 15 is 0 Å². The summed E-state index contributed by atoms with van der Waals surface area (Å²) >= 11 is 2.32. The highest BCUT2D eigenvalue weighted by Gasteiger charge is 2.49. The van der Waals surface area contributed by atoms with Gasteiger partial charge in [-0.3, -0.25) is 9.59 Å². The summed E-state index contributed by atoms with van der Waals surface area (Å²) in [5.74, 6) is 1.15. The maximum atomic E-state index is 14.3. The third kappa shape index (κ3) is 6.81. The van der Waals surface area contributed by atoms with E-state index in [1.54, 1.807) is 0 Å². The number of carbonyl (C=O) groups is 2. The molecule has 0 spiro atoms. The smallest absolute Gasteiger partial charge is 0.174 e. The summed E-state index contributed by atoms with van der Waals surface area (Å²) in [6.45, 7) is 16.4. The van der Waals surface area contributed by atoms with Crippen LogP contribution in [0.1, 0.15) is 94.0 Å². The molecule has 0 N–H and O–H groups in total. The zero-order valence-electron chi connectivity index (χ0n) is 28.8. The van der Waals surface area contributed by atoms with Crippen LogP contribution < -0.4 is 9.47 Å². The van der Waals surface area contributed by atoms with Crippen LogP contribution in [0, 0.1) is 28.2 Å². The van der Waals surface area contributed by atoms with Crippen LogP contribution in [0.4, 0.5) is 0 Å². The SMILES string of the molecule is CCOc1cc(C2C3=C(CC(C)(C)CC3=O)N(Cc3ccccc3)C3=C2C(=O)CC(C)(C)C3)cc(I)c1OCc1ccc(C)c(C)c1. The van der Waals surface area contributed by atoms with Gasteiger partial charge in [0.2, 0.25) is 0 Å². The van der Waals surface area contributed by atoms with Gasteiger partial charge < -0.3 is 14.4 Å². The minimum absolute atomic E-state index is 0.131. The number of allylic oxidation sites excluding steroid dienone is 4. The van der Waals surface area contributed by atoms with Crippen LogP contribution in [0.5, 0.6) is 11.5 Å². The number of benzene rings is 3. The molecule has 0 unspecified atom stereocenters. The minimum Gasteiger partial charge on any atom is -0.490 e. The lowest BCUT2D eigenvalue weighted by atomic mass is 9.63. The topological polar surface area (TPSA) is 55.8 Å². The highest BCUT2D eigenvalue weighted by molar-refractivity contribution is 14.1. The lowest BCUT2D eigenvalue weighted by Crippen LogP contribution is -2.44. The predicted octanol–water partition coefficient (Wildman–Crippen LogP) is 9.77. The Balaban J connectivity index is 1.50. The molecule has 0 saturated heterocycles. The van der Waals surface area contributed by atoms with E-state index in [4.69, 9.17) is 9.47 Å². The number of rotatable bonds is 8. The van der Waals surface area contributed by atoms with Crippen molar-refractivity contribution in [3.8, 4) is 11.5 Å². The van der Waals surface area contributed by atoms with Gasteiger partial charge in [0, 0.05) is 47.8 Å². The van der Waals surface area contributed by atoms with Gasteiger partial charge >= 0.3 is 0 Å². The first-order valence-electron chi connectivity index (χ1n) is 16.8. The van der Waals surface area contributed by atoms with Crippen LogP contribution in [-0.2, 0) is 22.7 Å². The summed E-state index contributed by atoms with van der Waals surface area (Å²) in [7, 11) is 0. The Bertz CT molecular complexity index is 1750. The molecule has 0 radical (unpaired) electrons. The third-order valence-corrected chi connectivity index (χ3v) is 10.6. The first-order chi connectivity index (χ1) is 22.3. The summed E-state index contributed by atoms with van der Waals surface area (Å²) < 4.78 is 13.6. The Kier molecular flexibility index (Phi) is 9.20. The predicted molar refractivity (Wildman–Crippen MR) is 195 cm³/mol. The van der Waals surface area contributed by atoms with E-state index in [1.807, 2.05) is 19.1 Å². The summed E-state index contributed by atoms with van der Waals surface area (Å²) in [5.41, 5.74) is 8.96. The summed E-state index contributed by atoms with van der Waals surface area (Å²) in [5, 5.41) is 0. The molecule has 3 aromatic carbocycles. The third-order valence-electron chi connectivity index (χ3n) is 9.82. The maximum Gasteiger partial charge on any atom is 0.174 e. The molecule has 246 valence electrons. The van der Waals surface area contributed by atoms with Crippen molar-refractivity contribution in [3.63, 3.8) is 0 Å². The monoisotopic (exact) mass is 743 g/mol. The number of ketones is 2. The van der Waals surface area contributed by atoms with Crippen LogP contribution >= 0.6 is 22.6 Å². The second kappa shape index (κ2) is 12.9. The number of carbonyl (C=O) groups excluding carboxylic acids is 2. The van der Waals surface area contributed by atoms with Crippen molar-refractivity contribution in [1.82, 2.24) is 4.90 Å². The van der Waals surface area contributed by atoms with Crippen LogP contribution in [0.15, 0.2) is 83.2 Å². The number of halogens is 1. The van der Waals surface area contributed by atoms with Gasteiger partial charge in [0.05, 0.1) is 10.2 Å². The molecule has 3 aromatic rings. The second-order valence-corrected chi connectivity index (χ2v) is 16.2. The van der Waals surface area contributed by atoms with Crippen LogP contribution in [-0.4, -0.2) is 23.1 Å². The molecule has 2 aliphatic carbocycles. The van der Waals surface area contributed by atoms with Crippen LogP contribution in [0.25, 0.3) is 0 Å². The number of hydrogen-bond acceptors (Lipinski definition) is 5. The highest BCUT2D eigenvalue weighted by Crippen LogP contribution is 2.55. The first kappa shape index (κ1) is 33.5. The quantitative estimate of drug-likeness (QED) is 0.215. The van der Waals surface area contributed by atoms with Gasteiger partial charge in [-0.2, -0.15) is 0 Å². The fourth-order valence-corrected chi connectivity index (χ4v) is 8.33. The zero-order valence-corrected chi connectivity index (χ0v) is 30.9. The Morgan fingerprint density at radius 1 is 0.766 bits per heavy atom. The van der Waals surface area contributed by atoms with E-state index in [9.17, 15) is 9.59 Å². The standard InChI is InChI=1S/C41H46INO4/c1-8-46-35-18-29(17-30(42)39(35)47-24-28-15-14-25(2)26(3)16-28)36-37-31(19-40(4,5)21-33(37)44)43(23-27-12-10-9-11-13-27)32-20-41(6,7)22-34(45)38(32)36/h9-18,36H,8,19-24H2,1-7H3. The number of nitrogens with zero attached hydrogens (tertiary/aromatic N) is 1. The van der Waals surface area contributed by atoms with Crippen molar-refractivity contribution in [3.05, 3.63) is 115 Å². The van der Waals surface area contributed by atoms with Crippen LogP contribution in [0.3, 0.4) is 0 Å². The van der Waals surface area contributed by atoms with Gasteiger partial charge in [-0.1, -0.05) is 76.2 Å². The molecule has 0 fully saturated rings. The van der Waals surface area contributed by atoms with Gasteiger partial charge in [0.25, 0.3) is 0 Å². The van der Waals surface area contributed by atoms with Crippen LogP contribution in [0.2, 0.25) is 0 Å². The Morgan fingerprint density at radius 3 is 1.96 bits per heavy atom. The van der Waals surface area contributed by atoms with E-state index < -0.39 is 5.92 Å². The molecule has 47 heavy (non-hydrogen) atoms. The normalized spacial score (nSPS) is 19.1. The van der Waals surface area contributed by atoms with E-state index in [1.165, 1.54) is 11.1 Å². The fourth-order valence-electron chi connectivity index (χ4n) is 7.54. The number of Topliss-reactive ketones (excluding diaryl/α,β-unsaturated/α-hetero) is 2. The van der Waals surface area contributed by atoms with Crippen molar-refractivity contribution in [2.45, 2.75) is 93.2 Å². The van der Waals surface area contributed by atoms with Gasteiger partial charge in [0.15, 0.2) is 23.1 Å². The molecule has 6 rings (SSSR count). The molecule has 0 amide bonds. The average Bonchev–Trinajstić information content (AvgIpc) is 2.98. The number of hydrogen-bond donors (Lipinski definition) is 0. The molecule has 0 aromatic heterocycles. The summed E-state index contributed by atoms with van der Waals surface area (Å²) in [6, 6.07) is 20.9. The Hall–Kier alpha value is -3.39. The molecule has 6 heteroatoms. The Labute approximate surface area is 293 Å². The lowest BCUT2D eigenvalue weighted by Gasteiger charge is -2.49. The molecule has 0 bridgehead atoms. The molecule has 5 nitrogen and oxygen atoms in total. The molecule has 3 aliphatic rings. The molecule has 1 aliphatic heterocycles. The zero-order chi connectivity index (χ0) is 33.7. The molecular formula is C41H46INO4. The fraction of sp³-hybridized carbons (Fsp3) is 0.415. The maximum absolute atomic E-state index is 14.3. The molecule has 0 saturated carbocycles. The van der Waals surface area contributed by atoms with E-state index in [0.29, 0.717) is 44.1 Å².